The maximum absolute atomic E-state index is 12.0. The monoisotopic (exact) mass is 232 g/mol. The van der Waals surface area contributed by atoms with Gasteiger partial charge in [0.1, 0.15) is 11.6 Å². The summed E-state index contributed by atoms with van der Waals surface area (Å²) in [6, 6.07) is 9.54. The van der Waals surface area contributed by atoms with Crippen LogP contribution in [0.25, 0.3) is 0 Å². The van der Waals surface area contributed by atoms with Crippen LogP contribution in [0.2, 0.25) is 0 Å². The van der Waals surface area contributed by atoms with Crippen LogP contribution in [0.4, 0.5) is 0 Å². The molecule has 1 aromatic carbocycles. The topological polar surface area (TPSA) is 34.1 Å². The highest BCUT2D eigenvalue weighted by molar-refractivity contribution is 6.04. The number of Topliss-reactive ketones (excluding diaryl/α,β-unsaturated/α-hetero) is 2. The molecule has 1 atom stereocenters. The summed E-state index contributed by atoms with van der Waals surface area (Å²) in [4.78, 5) is 24.0. The van der Waals surface area contributed by atoms with Crippen molar-refractivity contribution in [3.63, 3.8) is 0 Å². The van der Waals surface area contributed by atoms with Crippen LogP contribution >= 0.6 is 0 Å². The summed E-state index contributed by atoms with van der Waals surface area (Å²) < 4.78 is 0. The summed E-state index contributed by atoms with van der Waals surface area (Å²) >= 11 is 0. The minimum Gasteiger partial charge on any atom is -0.299 e. The van der Waals surface area contributed by atoms with E-state index >= 15 is 0 Å². The molecule has 92 valence electrons. The van der Waals surface area contributed by atoms with Gasteiger partial charge in [0.15, 0.2) is 0 Å². The van der Waals surface area contributed by atoms with Gasteiger partial charge < -0.3 is 0 Å². The molecule has 1 unspecified atom stereocenters. The van der Waals surface area contributed by atoms with Crippen molar-refractivity contribution >= 4 is 11.6 Å². The van der Waals surface area contributed by atoms with Crippen molar-refractivity contribution in [1.29, 1.82) is 0 Å². The molecule has 0 saturated carbocycles. The van der Waals surface area contributed by atoms with E-state index in [9.17, 15) is 9.59 Å². The van der Waals surface area contributed by atoms with Crippen molar-refractivity contribution in [3.05, 3.63) is 35.9 Å². The van der Waals surface area contributed by atoms with Crippen LogP contribution in [-0.2, 0) is 16.0 Å². The molecule has 0 radical (unpaired) electrons. The molecule has 0 saturated heterocycles. The maximum Gasteiger partial charge on any atom is 0.148 e. The number of carbonyl (C=O) groups is 2. The normalized spacial score (nSPS) is 13.2. The molecule has 1 rings (SSSR count). The van der Waals surface area contributed by atoms with E-state index in [-0.39, 0.29) is 11.6 Å². The van der Waals surface area contributed by atoms with Gasteiger partial charge in [-0.2, -0.15) is 0 Å². The Morgan fingerprint density at radius 2 is 1.65 bits per heavy atom. The highest BCUT2D eigenvalue weighted by atomic mass is 16.2. The van der Waals surface area contributed by atoms with Gasteiger partial charge >= 0.3 is 0 Å². The molecule has 17 heavy (non-hydrogen) atoms. The van der Waals surface area contributed by atoms with E-state index in [1.165, 1.54) is 0 Å². The molecule has 0 heterocycles. The SMILES string of the molecule is CC(C(=O)Cc1ccccc1)C(=O)C(C)(C)C. The fourth-order valence-electron chi connectivity index (χ4n) is 1.75. The minimum atomic E-state index is -0.518. The fourth-order valence-corrected chi connectivity index (χ4v) is 1.75. The molecular weight excluding hydrogens is 212 g/mol. The van der Waals surface area contributed by atoms with E-state index in [1.54, 1.807) is 6.92 Å². The summed E-state index contributed by atoms with van der Waals surface area (Å²) in [5.74, 6) is -0.509. The van der Waals surface area contributed by atoms with Crippen LogP contribution in [0, 0.1) is 11.3 Å². The van der Waals surface area contributed by atoms with E-state index < -0.39 is 11.3 Å². The minimum absolute atomic E-state index is 0.00359. The molecule has 1 aromatic rings. The Morgan fingerprint density at radius 1 is 1.12 bits per heavy atom. The lowest BCUT2D eigenvalue weighted by atomic mass is 9.81. The van der Waals surface area contributed by atoms with Gasteiger partial charge in [0.05, 0.1) is 5.92 Å². The van der Waals surface area contributed by atoms with Gasteiger partial charge in [-0.15, -0.1) is 0 Å². The number of carbonyl (C=O) groups excluding carboxylic acids is 2. The molecule has 0 aliphatic carbocycles. The summed E-state index contributed by atoms with van der Waals surface area (Å²) in [5.41, 5.74) is 0.511. The smallest absolute Gasteiger partial charge is 0.148 e. The third-order valence-electron chi connectivity index (χ3n) is 2.84. The summed E-state index contributed by atoms with van der Waals surface area (Å²) in [7, 11) is 0. The van der Waals surface area contributed by atoms with E-state index in [1.807, 2.05) is 51.1 Å². The van der Waals surface area contributed by atoms with Gasteiger partial charge in [0, 0.05) is 11.8 Å². The van der Waals surface area contributed by atoms with Gasteiger partial charge in [-0.3, -0.25) is 9.59 Å². The summed E-state index contributed by atoms with van der Waals surface area (Å²) in [6.07, 6.45) is 0.337. The lowest BCUT2D eigenvalue weighted by Gasteiger charge is -2.20. The average Bonchev–Trinajstić information content (AvgIpc) is 2.27. The lowest BCUT2D eigenvalue weighted by Crippen LogP contribution is -2.32. The first-order chi connectivity index (χ1) is 7.82. The lowest BCUT2D eigenvalue weighted by molar-refractivity contribution is -0.136. The van der Waals surface area contributed by atoms with E-state index in [0.29, 0.717) is 6.42 Å². The third-order valence-corrected chi connectivity index (χ3v) is 2.84. The number of hydrogen-bond donors (Lipinski definition) is 0. The Hall–Kier alpha value is -1.44. The molecule has 2 heteroatoms. The van der Waals surface area contributed by atoms with Gasteiger partial charge in [-0.05, 0) is 12.5 Å². The molecule has 0 amide bonds. The molecular formula is C15H20O2. The second-order valence-electron chi connectivity index (χ2n) is 5.46. The third kappa shape index (κ3) is 3.81. The van der Waals surface area contributed by atoms with Gasteiger partial charge in [-0.1, -0.05) is 51.1 Å². The molecule has 0 spiro atoms. The summed E-state index contributed by atoms with van der Waals surface area (Å²) in [6.45, 7) is 7.25. The average molecular weight is 232 g/mol. The van der Waals surface area contributed by atoms with Crippen LogP contribution in [0.3, 0.4) is 0 Å². The predicted octanol–water partition coefficient (Wildman–Crippen LogP) is 3.05. The van der Waals surface area contributed by atoms with Crippen molar-refractivity contribution in [3.8, 4) is 0 Å². The maximum atomic E-state index is 12.0. The standard InChI is InChI=1S/C15H20O2/c1-11(14(17)15(2,3)4)13(16)10-12-8-6-5-7-9-12/h5-9,11H,10H2,1-4H3. The second kappa shape index (κ2) is 5.26. The molecule has 0 aromatic heterocycles. The van der Waals surface area contributed by atoms with E-state index in [4.69, 9.17) is 0 Å². The van der Waals surface area contributed by atoms with Crippen molar-refractivity contribution in [2.45, 2.75) is 34.1 Å². The molecule has 0 fully saturated rings. The Labute approximate surface area is 103 Å². The summed E-state index contributed by atoms with van der Waals surface area (Å²) in [5, 5.41) is 0. The van der Waals surface area contributed by atoms with Crippen LogP contribution in [0.5, 0.6) is 0 Å². The van der Waals surface area contributed by atoms with Gasteiger partial charge in [0.25, 0.3) is 0 Å². The molecule has 2 nitrogen and oxygen atoms in total. The zero-order valence-corrected chi connectivity index (χ0v) is 11.0. The van der Waals surface area contributed by atoms with E-state index in [2.05, 4.69) is 0 Å². The van der Waals surface area contributed by atoms with Gasteiger partial charge in [0.2, 0.25) is 0 Å². The Bertz CT molecular complexity index is 399. The van der Waals surface area contributed by atoms with Crippen molar-refractivity contribution in [2.24, 2.45) is 11.3 Å². The first kappa shape index (κ1) is 13.6. The molecule has 0 aliphatic rings. The Morgan fingerprint density at radius 3 is 2.12 bits per heavy atom. The molecule has 0 N–H and O–H groups in total. The number of ketones is 2. The Balaban J connectivity index is 2.69. The number of hydrogen-bond acceptors (Lipinski definition) is 2. The number of rotatable bonds is 4. The van der Waals surface area contributed by atoms with Crippen molar-refractivity contribution in [1.82, 2.24) is 0 Å². The van der Waals surface area contributed by atoms with Crippen LogP contribution in [0.1, 0.15) is 33.3 Å². The quantitative estimate of drug-likeness (QED) is 0.748. The molecule has 0 bridgehead atoms. The van der Waals surface area contributed by atoms with Crippen molar-refractivity contribution in [2.75, 3.05) is 0 Å². The van der Waals surface area contributed by atoms with Crippen LogP contribution in [0.15, 0.2) is 30.3 Å². The van der Waals surface area contributed by atoms with E-state index in [0.717, 1.165) is 5.56 Å². The molecule has 0 aliphatic heterocycles. The fraction of sp³-hybridized carbons (Fsp3) is 0.467. The first-order valence-corrected chi connectivity index (χ1v) is 5.93. The first-order valence-electron chi connectivity index (χ1n) is 5.93. The predicted molar refractivity (Wildman–Crippen MR) is 68.8 cm³/mol. The number of benzene rings is 1. The zero-order valence-electron chi connectivity index (χ0n) is 11.0. The zero-order chi connectivity index (χ0) is 13.1. The largest absolute Gasteiger partial charge is 0.299 e. The highest BCUT2D eigenvalue weighted by Gasteiger charge is 2.30. The highest BCUT2D eigenvalue weighted by Crippen LogP contribution is 2.21. The van der Waals surface area contributed by atoms with Crippen molar-refractivity contribution < 1.29 is 9.59 Å². The van der Waals surface area contributed by atoms with Gasteiger partial charge in [-0.25, -0.2) is 0 Å². The van der Waals surface area contributed by atoms with Crippen LogP contribution < -0.4 is 0 Å². The van der Waals surface area contributed by atoms with Crippen LogP contribution in [-0.4, -0.2) is 11.6 Å². The second-order valence-corrected chi connectivity index (χ2v) is 5.46. The Kier molecular flexibility index (Phi) is 4.22.